The third-order valence-corrected chi connectivity index (χ3v) is 5.20. The highest BCUT2D eigenvalue weighted by atomic mass is 79.9. The van der Waals surface area contributed by atoms with Gasteiger partial charge in [-0.1, -0.05) is 25.1 Å². The second kappa shape index (κ2) is 5.65. The van der Waals surface area contributed by atoms with E-state index in [0.717, 1.165) is 18.7 Å². The molecule has 0 aliphatic carbocycles. The number of rotatable bonds is 4. The molecule has 4 heteroatoms. The molecule has 1 aromatic carbocycles. The molecule has 1 N–H and O–H groups in total. The number of para-hydroxylation sites is 1. The smallest absolute Gasteiger partial charge is 0.123 e. The van der Waals surface area contributed by atoms with E-state index in [0.29, 0.717) is 0 Å². The number of halogens is 1. The van der Waals surface area contributed by atoms with Gasteiger partial charge in [0.25, 0.3) is 0 Å². The van der Waals surface area contributed by atoms with Crippen molar-refractivity contribution in [2.45, 2.75) is 25.5 Å². The van der Waals surface area contributed by atoms with E-state index in [1.807, 2.05) is 6.07 Å². The number of ether oxygens (including phenoxy) is 1. The second-order valence-electron chi connectivity index (χ2n) is 4.68. The number of fused-ring (bicyclic) bond motifs is 1. The Morgan fingerprint density at radius 1 is 1.42 bits per heavy atom. The molecule has 2 heterocycles. The molecule has 2 atom stereocenters. The van der Waals surface area contributed by atoms with E-state index in [2.05, 4.69) is 57.1 Å². The Kier molecular flexibility index (Phi) is 3.91. The van der Waals surface area contributed by atoms with E-state index >= 15 is 0 Å². The van der Waals surface area contributed by atoms with Crippen LogP contribution in [-0.4, -0.2) is 12.6 Å². The predicted octanol–water partition coefficient (Wildman–Crippen LogP) is 4.16. The maximum absolute atomic E-state index is 6.12. The van der Waals surface area contributed by atoms with E-state index in [-0.39, 0.29) is 12.1 Å². The van der Waals surface area contributed by atoms with Gasteiger partial charge in [0, 0.05) is 16.3 Å². The van der Waals surface area contributed by atoms with Crippen LogP contribution in [0.2, 0.25) is 0 Å². The quantitative estimate of drug-likeness (QED) is 0.904. The number of nitrogens with one attached hydrogen (secondary N) is 1. The Labute approximate surface area is 125 Å². The predicted molar refractivity (Wildman–Crippen MR) is 83.0 cm³/mol. The maximum atomic E-state index is 6.12. The molecule has 0 saturated heterocycles. The van der Waals surface area contributed by atoms with Crippen LogP contribution in [0.4, 0.5) is 0 Å². The molecule has 1 aliphatic heterocycles. The molecule has 0 spiro atoms. The zero-order valence-corrected chi connectivity index (χ0v) is 13.1. The third-order valence-electron chi connectivity index (χ3n) is 3.45. The van der Waals surface area contributed by atoms with Crippen LogP contribution in [0.25, 0.3) is 0 Å². The lowest BCUT2D eigenvalue weighted by atomic mass is 10.00. The van der Waals surface area contributed by atoms with Crippen molar-refractivity contribution in [3.05, 3.63) is 50.6 Å². The van der Waals surface area contributed by atoms with Gasteiger partial charge in [-0.25, -0.2) is 0 Å². The number of hydrogen-bond acceptors (Lipinski definition) is 3. The first-order chi connectivity index (χ1) is 9.29. The summed E-state index contributed by atoms with van der Waals surface area (Å²) in [6, 6.07) is 8.55. The second-order valence-corrected chi connectivity index (χ2v) is 6.28. The largest absolute Gasteiger partial charge is 0.488 e. The van der Waals surface area contributed by atoms with Crippen molar-refractivity contribution in [3.63, 3.8) is 0 Å². The van der Waals surface area contributed by atoms with Crippen LogP contribution in [0.5, 0.6) is 5.75 Å². The lowest BCUT2D eigenvalue weighted by molar-refractivity contribution is 0.179. The van der Waals surface area contributed by atoms with Crippen molar-refractivity contribution >= 4 is 27.3 Å². The normalized spacial score (nSPS) is 18.9. The first-order valence-electron chi connectivity index (χ1n) is 6.49. The Morgan fingerprint density at radius 2 is 2.26 bits per heavy atom. The molecule has 19 heavy (non-hydrogen) atoms. The molecule has 3 rings (SSSR count). The highest BCUT2D eigenvalue weighted by Gasteiger charge is 2.32. The lowest BCUT2D eigenvalue weighted by Gasteiger charge is -2.24. The Balaban J connectivity index is 1.86. The molecule has 2 unspecified atom stereocenters. The van der Waals surface area contributed by atoms with Crippen LogP contribution in [0.15, 0.2) is 39.5 Å². The average molecular weight is 338 g/mol. The fourth-order valence-electron chi connectivity index (χ4n) is 2.57. The number of hydrogen-bond donors (Lipinski definition) is 1. The summed E-state index contributed by atoms with van der Waals surface area (Å²) in [6.45, 7) is 3.07. The van der Waals surface area contributed by atoms with E-state index in [9.17, 15) is 0 Å². The molecule has 1 aromatic heterocycles. The monoisotopic (exact) mass is 337 g/mol. The first kappa shape index (κ1) is 13.2. The minimum atomic E-state index is 0.170. The van der Waals surface area contributed by atoms with Crippen LogP contribution in [0, 0.1) is 0 Å². The molecule has 0 saturated carbocycles. The summed E-state index contributed by atoms with van der Waals surface area (Å²) < 4.78 is 7.29. The topological polar surface area (TPSA) is 21.3 Å². The van der Waals surface area contributed by atoms with E-state index in [1.54, 1.807) is 11.3 Å². The summed E-state index contributed by atoms with van der Waals surface area (Å²) in [6.07, 6.45) is 1.14. The lowest BCUT2D eigenvalue weighted by Crippen LogP contribution is -2.34. The summed E-state index contributed by atoms with van der Waals surface area (Å²) >= 11 is 5.35. The van der Waals surface area contributed by atoms with Gasteiger partial charge in [0.15, 0.2) is 0 Å². The molecule has 1 aliphatic rings. The van der Waals surface area contributed by atoms with Crippen LogP contribution < -0.4 is 10.1 Å². The number of benzene rings is 1. The molecular weight excluding hydrogens is 322 g/mol. The van der Waals surface area contributed by atoms with Crippen molar-refractivity contribution in [2.24, 2.45) is 0 Å². The number of thiophene rings is 1. The Morgan fingerprint density at radius 3 is 2.95 bits per heavy atom. The van der Waals surface area contributed by atoms with Crippen molar-refractivity contribution in [3.8, 4) is 5.75 Å². The summed E-state index contributed by atoms with van der Waals surface area (Å²) in [4.78, 5) is 0. The molecule has 0 fully saturated rings. The minimum absolute atomic E-state index is 0.170. The Hall–Kier alpha value is -0.840. The van der Waals surface area contributed by atoms with Gasteiger partial charge >= 0.3 is 0 Å². The van der Waals surface area contributed by atoms with Gasteiger partial charge in [-0.15, -0.1) is 0 Å². The van der Waals surface area contributed by atoms with E-state index < -0.39 is 0 Å². The molecule has 2 aromatic rings. The van der Waals surface area contributed by atoms with Gasteiger partial charge < -0.3 is 10.1 Å². The van der Waals surface area contributed by atoms with Crippen LogP contribution in [0.3, 0.4) is 0 Å². The van der Waals surface area contributed by atoms with Gasteiger partial charge in [0.2, 0.25) is 0 Å². The van der Waals surface area contributed by atoms with Crippen LogP contribution in [-0.2, 0) is 6.42 Å². The fourth-order valence-corrected chi connectivity index (χ4v) is 4.15. The van der Waals surface area contributed by atoms with Crippen LogP contribution in [0.1, 0.15) is 24.1 Å². The van der Waals surface area contributed by atoms with Gasteiger partial charge in [-0.2, -0.15) is 11.3 Å². The molecule has 2 nitrogen and oxygen atoms in total. The zero-order valence-electron chi connectivity index (χ0n) is 10.7. The molecule has 100 valence electrons. The van der Waals surface area contributed by atoms with Gasteiger partial charge in [-0.3, -0.25) is 0 Å². The van der Waals surface area contributed by atoms with Gasteiger partial charge in [-0.05, 0) is 45.0 Å². The maximum Gasteiger partial charge on any atom is 0.123 e. The SMILES string of the molecule is CCNC(c1cscc1Br)C1Cc2ccccc2O1. The van der Waals surface area contributed by atoms with Crippen LogP contribution >= 0.6 is 27.3 Å². The summed E-state index contributed by atoms with van der Waals surface area (Å²) in [5.41, 5.74) is 2.60. The summed E-state index contributed by atoms with van der Waals surface area (Å²) in [5.74, 6) is 1.03. The highest BCUT2D eigenvalue weighted by molar-refractivity contribution is 9.10. The standard InChI is InChI=1S/C15H16BrNOS/c1-2-17-15(11-8-19-9-12(11)16)14-7-10-5-3-4-6-13(10)18-14/h3-6,8-9,14-15,17H,2,7H2,1H3. The van der Waals surface area contributed by atoms with Crippen molar-refractivity contribution < 1.29 is 4.74 Å². The van der Waals surface area contributed by atoms with Crippen molar-refractivity contribution in [1.82, 2.24) is 5.32 Å². The highest BCUT2D eigenvalue weighted by Crippen LogP contribution is 2.37. The molecule has 0 bridgehead atoms. The van der Waals surface area contributed by atoms with Gasteiger partial charge in [0.1, 0.15) is 11.9 Å². The number of likely N-dealkylation sites (N-methyl/N-ethyl adjacent to an activating group) is 1. The summed E-state index contributed by atoms with van der Waals surface area (Å²) in [7, 11) is 0. The van der Waals surface area contributed by atoms with Crippen molar-refractivity contribution in [1.29, 1.82) is 0 Å². The molecule has 0 amide bonds. The molecular formula is C15H16BrNOS. The Bertz CT molecular complexity index is 544. The fraction of sp³-hybridized carbons (Fsp3) is 0.333. The summed E-state index contributed by atoms with van der Waals surface area (Å²) in [5, 5.41) is 7.88. The average Bonchev–Trinajstić information content (AvgIpc) is 3.02. The minimum Gasteiger partial charge on any atom is -0.488 e. The third kappa shape index (κ3) is 2.57. The first-order valence-corrected chi connectivity index (χ1v) is 8.22. The van der Waals surface area contributed by atoms with Gasteiger partial charge in [0.05, 0.1) is 6.04 Å². The van der Waals surface area contributed by atoms with E-state index in [4.69, 9.17) is 4.74 Å². The van der Waals surface area contributed by atoms with E-state index in [1.165, 1.54) is 15.6 Å². The zero-order chi connectivity index (χ0) is 13.2. The van der Waals surface area contributed by atoms with Crippen molar-refractivity contribution in [2.75, 3.05) is 6.54 Å². The molecule has 0 radical (unpaired) electrons.